The van der Waals surface area contributed by atoms with Crippen LogP contribution in [0.15, 0.2) is 22.8 Å². The maximum atomic E-state index is 5.34. The third-order valence-corrected chi connectivity index (χ3v) is 3.53. The first-order valence-electron chi connectivity index (χ1n) is 6.81. The number of furan rings is 1. The Labute approximate surface area is 104 Å². The average molecular weight is 236 g/mol. The van der Waals surface area contributed by atoms with Crippen LogP contribution < -0.4 is 10.6 Å². The largest absolute Gasteiger partial charge is 0.469 e. The van der Waals surface area contributed by atoms with Gasteiger partial charge >= 0.3 is 0 Å². The van der Waals surface area contributed by atoms with Crippen molar-refractivity contribution in [1.82, 2.24) is 10.6 Å². The molecular weight excluding hydrogens is 212 g/mol. The minimum absolute atomic E-state index is 0.503. The topological polar surface area (TPSA) is 37.2 Å². The van der Waals surface area contributed by atoms with Gasteiger partial charge in [-0.15, -0.1) is 0 Å². The van der Waals surface area contributed by atoms with Gasteiger partial charge in [0.25, 0.3) is 0 Å². The molecule has 2 N–H and O–H groups in total. The summed E-state index contributed by atoms with van der Waals surface area (Å²) in [6.07, 6.45) is 6.73. The van der Waals surface area contributed by atoms with Crippen LogP contribution in [0.2, 0.25) is 0 Å². The van der Waals surface area contributed by atoms with E-state index < -0.39 is 0 Å². The van der Waals surface area contributed by atoms with Crippen molar-refractivity contribution >= 4 is 0 Å². The summed E-state index contributed by atoms with van der Waals surface area (Å²) < 4.78 is 5.34. The molecule has 1 saturated heterocycles. The molecule has 0 radical (unpaired) electrons. The molecule has 0 saturated carbocycles. The summed E-state index contributed by atoms with van der Waals surface area (Å²) in [6.45, 7) is 5.78. The van der Waals surface area contributed by atoms with Crippen molar-refractivity contribution in [3.05, 3.63) is 24.2 Å². The van der Waals surface area contributed by atoms with Crippen molar-refractivity contribution in [2.45, 2.75) is 38.6 Å². The third kappa shape index (κ3) is 4.52. The fourth-order valence-electron chi connectivity index (χ4n) is 2.50. The number of nitrogens with one attached hydrogen (secondary N) is 2. The normalized spacial score (nSPS) is 21.8. The van der Waals surface area contributed by atoms with Crippen molar-refractivity contribution in [3.63, 3.8) is 0 Å². The van der Waals surface area contributed by atoms with Gasteiger partial charge in [0.1, 0.15) is 5.76 Å². The van der Waals surface area contributed by atoms with E-state index in [4.69, 9.17) is 4.42 Å². The van der Waals surface area contributed by atoms with Crippen molar-refractivity contribution in [1.29, 1.82) is 0 Å². The maximum absolute atomic E-state index is 5.34. The summed E-state index contributed by atoms with van der Waals surface area (Å²) in [5.41, 5.74) is 0. The van der Waals surface area contributed by atoms with E-state index in [0.29, 0.717) is 6.04 Å². The average Bonchev–Trinajstić information content (AvgIpc) is 2.96. The first-order valence-corrected chi connectivity index (χ1v) is 6.81. The Bertz CT molecular complexity index is 291. The second-order valence-electron chi connectivity index (χ2n) is 5.14. The zero-order valence-corrected chi connectivity index (χ0v) is 10.7. The Morgan fingerprint density at radius 2 is 2.53 bits per heavy atom. The van der Waals surface area contributed by atoms with Crippen LogP contribution >= 0.6 is 0 Å². The molecule has 1 aliphatic rings. The van der Waals surface area contributed by atoms with Crippen molar-refractivity contribution in [3.8, 4) is 0 Å². The van der Waals surface area contributed by atoms with E-state index in [1.807, 2.05) is 12.1 Å². The predicted octanol–water partition coefficient (Wildman–Crippen LogP) is 2.19. The lowest BCUT2D eigenvalue weighted by Crippen LogP contribution is -2.29. The molecule has 2 unspecified atom stereocenters. The highest BCUT2D eigenvalue weighted by Gasteiger charge is 2.13. The van der Waals surface area contributed by atoms with E-state index in [1.165, 1.54) is 32.4 Å². The molecule has 0 amide bonds. The molecule has 1 aromatic rings. The van der Waals surface area contributed by atoms with Gasteiger partial charge in [0.2, 0.25) is 0 Å². The quantitative estimate of drug-likeness (QED) is 0.713. The second kappa shape index (κ2) is 6.82. The van der Waals surface area contributed by atoms with E-state index in [1.54, 1.807) is 6.26 Å². The summed E-state index contributed by atoms with van der Waals surface area (Å²) in [4.78, 5) is 0. The minimum Gasteiger partial charge on any atom is -0.469 e. The van der Waals surface area contributed by atoms with Gasteiger partial charge in [-0.05, 0) is 63.9 Å². The first-order chi connectivity index (χ1) is 8.34. The fourth-order valence-corrected chi connectivity index (χ4v) is 2.50. The molecule has 96 valence electrons. The van der Waals surface area contributed by atoms with Crippen LogP contribution in [0.3, 0.4) is 0 Å². The van der Waals surface area contributed by atoms with Crippen molar-refractivity contribution < 1.29 is 4.42 Å². The molecule has 0 bridgehead atoms. The van der Waals surface area contributed by atoms with E-state index in [-0.39, 0.29) is 0 Å². The summed E-state index contributed by atoms with van der Waals surface area (Å²) in [5.74, 6) is 1.99. The van der Waals surface area contributed by atoms with Gasteiger partial charge in [0.15, 0.2) is 0 Å². The van der Waals surface area contributed by atoms with Gasteiger partial charge in [-0.1, -0.05) is 0 Å². The van der Waals surface area contributed by atoms with Gasteiger partial charge < -0.3 is 15.1 Å². The lowest BCUT2D eigenvalue weighted by molar-refractivity contribution is 0.437. The van der Waals surface area contributed by atoms with Crippen LogP contribution in [0.25, 0.3) is 0 Å². The zero-order valence-electron chi connectivity index (χ0n) is 10.7. The van der Waals surface area contributed by atoms with Crippen LogP contribution in [-0.4, -0.2) is 25.7 Å². The predicted molar refractivity (Wildman–Crippen MR) is 70.1 cm³/mol. The maximum Gasteiger partial charge on any atom is 0.105 e. The van der Waals surface area contributed by atoms with Crippen molar-refractivity contribution in [2.24, 2.45) is 5.92 Å². The standard InChI is InChI=1S/C14H24N2O/c1-12(10-14-5-3-9-17-14)16-7-2-4-13-6-8-15-11-13/h3,5,9,12-13,15-16H,2,4,6-8,10-11H2,1H3. The Kier molecular flexibility index (Phi) is 5.08. The molecule has 3 nitrogen and oxygen atoms in total. The van der Waals surface area contributed by atoms with Crippen LogP contribution in [0.5, 0.6) is 0 Å². The van der Waals surface area contributed by atoms with Gasteiger partial charge in [0, 0.05) is 12.5 Å². The minimum atomic E-state index is 0.503. The van der Waals surface area contributed by atoms with Crippen LogP contribution in [0.1, 0.15) is 31.9 Å². The van der Waals surface area contributed by atoms with Gasteiger partial charge in [-0.25, -0.2) is 0 Å². The number of hydrogen-bond donors (Lipinski definition) is 2. The molecule has 2 rings (SSSR count). The summed E-state index contributed by atoms with van der Waals surface area (Å²) in [7, 11) is 0. The molecule has 1 aromatic heterocycles. The lowest BCUT2D eigenvalue weighted by atomic mass is 10.0. The molecule has 3 heteroatoms. The van der Waals surface area contributed by atoms with E-state index in [2.05, 4.69) is 17.6 Å². The Morgan fingerprint density at radius 1 is 1.59 bits per heavy atom. The molecule has 0 aliphatic carbocycles. The van der Waals surface area contributed by atoms with Gasteiger partial charge in [-0.3, -0.25) is 0 Å². The second-order valence-corrected chi connectivity index (χ2v) is 5.14. The van der Waals surface area contributed by atoms with E-state index >= 15 is 0 Å². The summed E-state index contributed by atoms with van der Waals surface area (Å²) >= 11 is 0. The van der Waals surface area contributed by atoms with Crippen molar-refractivity contribution in [2.75, 3.05) is 19.6 Å². The monoisotopic (exact) mass is 236 g/mol. The first kappa shape index (κ1) is 12.7. The van der Waals surface area contributed by atoms with Crippen LogP contribution in [0, 0.1) is 5.92 Å². The Balaban J connectivity index is 1.52. The van der Waals surface area contributed by atoms with Gasteiger partial charge in [-0.2, -0.15) is 0 Å². The smallest absolute Gasteiger partial charge is 0.105 e. The lowest BCUT2D eigenvalue weighted by Gasteiger charge is -2.13. The highest BCUT2D eigenvalue weighted by Crippen LogP contribution is 2.13. The Morgan fingerprint density at radius 3 is 3.24 bits per heavy atom. The van der Waals surface area contributed by atoms with E-state index in [0.717, 1.165) is 24.6 Å². The molecule has 2 atom stereocenters. The number of hydrogen-bond acceptors (Lipinski definition) is 3. The molecule has 1 aliphatic heterocycles. The highest BCUT2D eigenvalue weighted by molar-refractivity contribution is 4.99. The SMILES string of the molecule is CC(Cc1ccco1)NCCCC1CCNC1. The summed E-state index contributed by atoms with van der Waals surface area (Å²) in [6, 6.07) is 4.50. The molecular formula is C14H24N2O. The van der Waals surface area contributed by atoms with Gasteiger partial charge in [0.05, 0.1) is 6.26 Å². The van der Waals surface area contributed by atoms with Crippen LogP contribution in [0.4, 0.5) is 0 Å². The molecule has 17 heavy (non-hydrogen) atoms. The highest BCUT2D eigenvalue weighted by atomic mass is 16.3. The third-order valence-electron chi connectivity index (χ3n) is 3.53. The molecule has 0 spiro atoms. The molecule has 0 aromatic carbocycles. The summed E-state index contributed by atoms with van der Waals surface area (Å²) in [5, 5.41) is 6.98. The Hall–Kier alpha value is -0.800. The molecule has 2 heterocycles. The van der Waals surface area contributed by atoms with E-state index in [9.17, 15) is 0 Å². The number of rotatable bonds is 7. The molecule has 1 fully saturated rings. The zero-order chi connectivity index (χ0) is 11.9. The van der Waals surface area contributed by atoms with Crippen LogP contribution in [-0.2, 0) is 6.42 Å². The fraction of sp³-hybridized carbons (Fsp3) is 0.714.